The Balaban J connectivity index is 2.49. The van der Waals surface area contributed by atoms with E-state index in [2.05, 4.69) is 5.32 Å². The van der Waals surface area contributed by atoms with Crippen LogP contribution in [0.4, 0.5) is 0 Å². The van der Waals surface area contributed by atoms with Gasteiger partial charge in [0.15, 0.2) is 0 Å². The topological polar surface area (TPSA) is 84.9 Å². The summed E-state index contributed by atoms with van der Waals surface area (Å²) in [7, 11) is -0.732. The highest BCUT2D eigenvalue weighted by atomic mass is 35.5. The molecule has 0 saturated carbocycles. The van der Waals surface area contributed by atoms with Gasteiger partial charge in [-0.3, -0.25) is 4.79 Å². The van der Waals surface area contributed by atoms with Crippen LogP contribution in [0.5, 0.6) is 0 Å². The third-order valence-electron chi connectivity index (χ3n) is 4.71. The fourth-order valence-corrected chi connectivity index (χ4v) is 2.71. The van der Waals surface area contributed by atoms with E-state index in [0.717, 1.165) is 0 Å². The molecule has 1 aliphatic heterocycles. The van der Waals surface area contributed by atoms with Gasteiger partial charge in [-0.15, -0.1) is 0 Å². The smallest absolute Gasteiger partial charge is 0.478 e. The molecule has 1 aliphatic rings. The molecular weight excluding hydrogens is 356 g/mol. The SMILES string of the molecule is CC(=O)NCC(=Cc1c(Cl)cccc1C(=O)O)B1OC(C)(C)C(C)(C)O1. The molecule has 1 aromatic carbocycles. The Bertz CT molecular complexity index is 744. The van der Waals surface area contributed by atoms with Crippen molar-refractivity contribution in [1.29, 1.82) is 0 Å². The number of halogens is 1. The minimum Gasteiger partial charge on any atom is -0.478 e. The molecule has 1 amide bonds. The number of carbonyl (C=O) groups excluding carboxylic acids is 1. The molecule has 0 unspecified atom stereocenters. The van der Waals surface area contributed by atoms with Crippen LogP contribution in [0, 0.1) is 0 Å². The zero-order chi connectivity index (χ0) is 19.7. The second kappa shape index (κ2) is 7.43. The van der Waals surface area contributed by atoms with Crippen LogP contribution >= 0.6 is 11.6 Å². The van der Waals surface area contributed by atoms with Crippen molar-refractivity contribution in [1.82, 2.24) is 5.32 Å². The zero-order valence-electron chi connectivity index (χ0n) is 15.6. The van der Waals surface area contributed by atoms with E-state index in [1.165, 1.54) is 13.0 Å². The van der Waals surface area contributed by atoms with Gasteiger partial charge >= 0.3 is 13.1 Å². The number of rotatable bonds is 5. The number of hydrogen-bond acceptors (Lipinski definition) is 4. The molecule has 8 heteroatoms. The number of carboxylic acid groups (broad SMARTS) is 1. The second-order valence-electron chi connectivity index (χ2n) is 7.22. The molecule has 1 saturated heterocycles. The fraction of sp³-hybridized carbons (Fsp3) is 0.444. The van der Waals surface area contributed by atoms with Gasteiger partial charge in [-0.05, 0) is 45.3 Å². The first kappa shape index (κ1) is 20.5. The quantitative estimate of drug-likeness (QED) is 0.768. The lowest BCUT2D eigenvalue weighted by atomic mass is 9.76. The van der Waals surface area contributed by atoms with Crippen molar-refractivity contribution in [3.8, 4) is 0 Å². The minimum absolute atomic E-state index is 0.0642. The molecule has 2 rings (SSSR count). The van der Waals surface area contributed by atoms with Crippen LogP contribution in [0.1, 0.15) is 50.5 Å². The molecule has 26 heavy (non-hydrogen) atoms. The summed E-state index contributed by atoms with van der Waals surface area (Å²) in [5.41, 5.74) is -0.146. The Morgan fingerprint density at radius 3 is 2.31 bits per heavy atom. The molecule has 0 spiro atoms. The first-order chi connectivity index (χ1) is 11.9. The number of nitrogens with one attached hydrogen (secondary N) is 1. The van der Waals surface area contributed by atoms with E-state index in [1.807, 2.05) is 27.7 Å². The maximum Gasteiger partial charge on any atom is 0.492 e. The summed E-state index contributed by atoms with van der Waals surface area (Å²) in [4.78, 5) is 22.9. The highest BCUT2D eigenvalue weighted by Gasteiger charge is 2.52. The van der Waals surface area contributed by atoms with Crippen molar-refractivity contribution < 1.29 is 24.0 Å². The van der Waals surface area contributed by atoms with Crippen LogP contribution in [0.25, 0.3) is 6.08 Å². The normalized spacial score (nSPS) is 18.7. The molecule has 0 radical (unpaired) electrons. The lowest BCUT2D eigenvalue weighted by Crippen LogP contribution is -2.41. The van der Waals surface area contributed by atoms with E-state index < -0.39 is 24.3 Å². The third kappa shape index (κ3) is 4.28. The second-order valence-corrected chi connectivity index (χ2v) is 7.63. The largest absolute Gasteiger partial charge is 0.492 e. The maximum atomic E-state index is 11.5. The monoisotopic (exact) mass is 379 g/mol. The molecule has 0 bridgehead atoms. The van der Waals surface area contributed by atoms with Crippen molar-refractivity contribution in [2.45, 2.75) is 45.8 Å². The number of benzene rings is 1. The summed E-state index contributed by atoms with van der Waals surface area (Å²) in [6.07, 6.45) is 1.61. The molecule has 2 N–H and O–H groups in total. The van der Waals surface area contributed by atoms with Crippen LogP contribution in [0.3, 0.4) is 0 Å². The van der Waals surface area contributed by atoms with Crippen LogP contribution < -0.4 is 5.32 Å². The average molecular weight is 380 g/mol. The fourth-order valence-electron chi connectivity index (χ4n) is 2.48. The number of carbonyl (C=O) groups is 2. The molecular formula is C18H23BClNO5. The molecule has 1 heterocycles. The number of carboxylic acids is 1. The van der Waals surface area contributed by atoms with Gasteiger partial charge in [0.1, 0.15) is 0 Å². The van der Waals surface area contributed by atoms with Crippen LogP contribution in [0.2, 0.25) is 5.02 Å². The third-order valence-corrected chi connectivity index (χ3v) is 5.04. The van der Waals surface area contributed by atoms with Crippen molar-refractivity contribution in [3.63, 3.8) is 0 Å². The Morgan fingerprint density at radius 1 is 1.23 bits per heavy atom. The molecule has 0 atom stereocenters. The first-order valence-corrected chi connectivity index (χ1v) is 8.65. The van der Waals surface area contributed by atoms with Gasteiger partial charge in [0, 0.05) is 24.1 Å². The van der Waals surface area contributed by atoms with E-state index in [9.17, 15) is 14.7 Å². The first-order valence-electron chi connectivity index (χ1n) is 8.27. The zero-order valence-corrected chi connectivity index (χ0v) is 16.3. The molecule has 0 aromatic heterocycles. The lowest BCUT2D eigenvalue weighted by Gasteiger charge is -2.32. The van der Waals surface area contributed by atoms with Gasteiger partial charge in [0.25, 0.3) is 0 Å². The molecule has 6 nitrogen and oxygen atoms in total. The molecule has 0 aliphatic carbocycles. The van der Waals surface area contributed by atoms with Crippen molar-refractivity contribution >= 4 is 36.7 Å². The van der Waals surface area contributed by atoms with E-state index in [0.29, 0.717) is 16.1 Å². The van der Waals surface area contributed by atoms with Gasteiger partial charge in [0.05, 0.1) is 16.8 Å². The van der Waals surface area contributed by atoms with Gasteiger partial charge in [-0.2, -0.15) is 0 Å². The summed E-state index contributed by atoms with van der Waals surface area (Å²) < 4.78 is 12.1. The predicted molar refractivity (Wildman–Crippen MR) is 101 cm³/mol. The molecule has 1 fully saturated rings. The molecule has 1 aromatic rings. The van der Waals surface area contributed by atoms with Gasteiger partial charge in [0.2, 0.25) is 5.91 Å². The Hall–Kier alpha value is -1.83. The summed E-state index contributed by atoms with van der Waals surface area (Å²) in [6, 6.07) is 4.66. The predicted octanol–water partition coefficient (Wildman–Crippen LogP) is 3.19. The van der Waals surface area contributed by atoms with Crippen LogP contribution in [-0.2, 0) is 14.1 Å². The molecule has 140 valence electrons. The number of aromatic carboxylic acids is 1. The van der Waals surface area contributed by atoms with Crippen molar-refractivity contribution in [3.05, 3.63) is 39.8 Å². The number of hydrogen-bond donors (Lipinski definition) is 2. The van der Waals surface area contributed by atoms with E-state index >= 15 is 0 Å². The minimum atomic E-state index is -1.09. The van der Waals surface area contributed by atoms with Crippen molar-refractivity contribution in [2.24, 2.45) is 0 Å². The highest BCUT2D eigenvalue weighted by Crippen LogP contribution is 2.39. The van der Waals surface area contributed by atoms with E-state index in [4.69, 9.17) is 20.9 Å². The summed E-state index contributed by atoms with van der Waals surface area (Å²) in [5.74, 6) is -1.31. The number of amides is 1. The average Bonchev–Trinajstić information content (AvgIpc) is 2.72. The highest BCUT2D eigenvalue weighted by molar-refractivity contribution is 6.56. The summed E-state index contributed by atoms with van der Waals surface area (Å²) in [5, 5.41) is 12.4. The summed E-state index contributed by atoms with van der Waals surface area (Å²) >= 11 is 6.22. The van der Waals surface area contributed by atoms with Crippen LogP contribution in [0.15, 0.2) is 23.7 Å². The Labute approximate surface area is 158 Å². The Morgan fingerprint density at radius 2 is 1.81 bits per heavy atom. The van der Waals surface area contributed by atoms with Gasteiger partial charge in [-0.1, -0.05) is 23.7 Å². The summed E-state index contributed by atoms with van der Waals surface area (Å²) in [6.45, 7) is 9.22. The standard InChI is InChI=1S/C18H23BClNO5/c1-11(22)21-10-12(19-25-17(2,3)18(4,5)26-19)9-14-13(16(23)24)7-6-8-15(14)20/h6-9H,10H2,1-5H3,(H,21,22)(H,23,24). The van der Waals surface area contributed by atoms with E-state index in [-0.39, 0.29) is 18.0 Å². The van der Waals surface area contributed by atoms with E-state index in [1.54, 1.807) is 18.2 Å². The van der Waals surface area contributed by atoms with Crippen LogP contribution in [-0.4, -0.2) is 41.8 Å². The van der Waals surface area contributed by atoms with Gasteiger partial charge < -0.3 is 19.7 Å². The Kier molecular flexibility index (Phi) is 5.85. The lowest BCUT2D eigenvalue weighted by molar-refractivity contribution is -0.118. The van der Waals surface area contributed by atoms with Gasteiger partial charge in [-0.25, -0.2) is 4.79 Å². The van der Waals surface area contributed by atoms with Crippen molar-refractivity contribution in [2.75, 3.05) is 6.54 Å². The maximum absolute atomic E-state index is 11.5.